The standard InChI is InChI=1S/C28H44N4O5/c1-4-5-13-31(14-7-6-12-29)26(34)19-32-18-23(21-8-9-25-22(17-21)11-16-37-25)27(28(35)36)24(32)10-15-30(3)20(2)33/h8-9,17,23-24,27H,4-7,10-16,18-19,29H2,1-3H3,(H,35,36)/t23-,24+,27-/m1/s1. The Balaban J connectivity index is 1.85. The fourth-order valence-electron chi connectivity index (χ4n) is 5.54. The summed E-state index contributed by atoms with van der Waals surface area (Å²) in [5.74, 6) is -0.946. The monoisotopic (exact) mass is 516 g/mol. The summed E-state index contributed by atoms with van der Waals surface area (Å²) in [6, 6.07) is 5.63. The van der Waals surface area contributed by atoms with Crippen LogP contribution < -0.4 is 10.5 Å². The van der Waals surface area contributed by atoms with Crippen molar-refractivity contribution in [1.29, 1.82) is 0 Å². The van der Waals surface area contributed by atoms with E-state index in [1.54, 1.807) is 11.9 Å². The molecule has 3 atom stereocenters. The molecule has 2 heterocycles. The van der Waals surface area contributed by atoms with Crippen LogP contribution in [0.2, 0.25) is 0 Å². The summed E-state index contributed by atoms with van der Waals surface area (Å²) in [5, 5.41) is 10.4. The molecule has 2 aliphatic heterocycles. The molecule has 0 bridgehead atoms. The van der Waals surface area contributed by atoms with E-state index in [1.165, 1.54) is 6.92 Å². The molecular formula is C28H44N4O5. The van der Waals surface area contributed by atoms with Crippen LogP contribution in [0.5, 0.6) is 5.75 Å². The quantitative estimate of drug-likeness (QED) is 0.365. The van der Waals surface area contributed by atoms with Gasteiger partial charge in [0.15, 0.2) is 0 Å². The highest BCUT2D eigenvalue weighted by Gasteiger charge is 2.47. The summed E-state index contributed by atoms with van der Waals surface area (Å²) >= 11 is 0. The van der Waals surface area contributed by atoms with Gasteiger partial charge in [0.2, 0.25) is 11.8 Å². The molecule has 0 spiro atoms. The van der Waals surface area contributed by atoms with Crippen molar-refractivity contribution in [2.24, 2.45) is 11.7 Å². The van der Waals surface area contributed by atoms with E-state index in [0.29, 0.717) is 45.8 Å². The molecule has 3 N–H and O–H groups in total. The van der Waals surface area contributed by atoms with Crippen molar-refractivity contribution in [3.63, 3.8) is 0 Å². The maximum atomic E-state index is 13.5. The lowest BCUT2D eigenvalue weighted by atomic mass is 9.83. The maximum Gasteiger partial charge on any atom is 0.308 e. The van der Waals surface area contributed by atoms with Crippen LogP contribution in [0.3, 0.4) is 0 Å². The molecular weight excluding hydrogens is 472 g/mol. The molecule has 0 unspecified atom stereocenters. The highest BCUT2D eigenvalue weighted by molar-refractivity contribution is 5.79. The van der Waals surface area contributed by atoms with Crippen LogP contribution in [0, 0.1) is 5.92 Å². The first-order valence-electron chi connectivity index (χ1n) is 13.7. The third-order valence-corrected chi connectivity index (χ3v) is 7.83. The predicted octanol–water partition coefficient (Wildman–Crippen LogP) is 2.33. The van der Waals surface area contributed by atoms with Crippen LogP contribution in [-0.4, -0.2) is 96.6 Å². The Morgan fingerprint density at radius 2 is 1.92 bits per heavy atom. The second-order valence-corrected chi connectivity index (χ2v) is 10.4. The molecule has 2 amide bonds. The summed E-state index contributed by atoms with van der Waals surface area (Å²) in [7, 11) is 1.73. The number of benzene rings is 1. The van der Waals surface area contributed by atoms with Crippen molar-refractivity contribution in [3.05, 3.63) is 29.3 Å². The number of ether oxygens (including phenoxy) is 1. The Morgan fingerprint density at radius 3 is 2.59 bits per heavy atom. The van der Waals surface area contributed by atoms with Crippen molar-refractivity contribution in [1.82, 2.24) is 14.7 Å². The third-order valence-electron chi connectivity index (χ3n) is 7.83. The largest absolute Gasteiger partial charge is 0.493 e. The topological polar surface area (TPSA) is 116 Å². The van der Waals surface area contributed by atoms with Crippen LogP contribution in [-0.2, 0) is 20.8 Å². The maximum absolute atomic E-state index is 13.5. The second-order valence-electron chi connectivity index (χ2n) is 10.4. The SMILES string of the molecule is CCCCN(CCCCN)C(=O)CN1C[C@H](c2ccc3c(c2)CCO3)[C@@H](C(=O)O)[C@@H]1CCN(C)C(C)=O. The molecule has 206 valence electrons. The second kappa shape index (κ2) is 13.8. The molecule has 0 radical (unpaired) electrons. The molecule has 1 saturated heterocycles. The van der Waals surface area contributed by atoms with Gasteiger partial charge in [-0.2, -0.15) is 0 Å². The number of carbonyl (C=O) groups excluding carboxylic acids is 2. The lowest BCUT2D eigenvalue weighted by Gasteiger charge is -2.30. The number of carbonyl (C=O) groups is 3. The molecule has 1 aromatic carbocycles. The van der Waals surface area contributed by atoms with Crippen LogP contribution in [0.25, 0.3) is 0 Å². The summed E-state index contributed by atoms with van der Waals surface area (Å²) in [4.78, 5) is 43.6. The highest BCUT2D eigenvalue weighted by atomic mass is 16.5. The fourth-order valence-corrected chi connectivity index (χ4v) is 5.54. The summed E-state index contributed by atoms with van der Waals surface area (Å²) in [5.41, 5.74) is 7.75. The Labute approximate surface area is 220 Å². The predicted molar refractivity (Wildman–Crippen MR) is 143 cm³/mol. The van der Waals surface area contributed by atoms with Gasteiger partial charge in [0.25, 0.3) is 0 Å². The zero-order valence-corrected chi connectivity index (χ0v) is 22.7. The van der Waals surface area contributed by atoms with Gasteiger partial charge in [-0.1, -0.05) is 25.5 Å². The fraction of sp³-hybridized carbons (Fsp3) is 0.679. The highest BCUT2D eigenvalue weighted by Crippen LogP contribution is 2.41. The number of carboxylic acid groups (broad SMARTS) is 1. The van der Waals surface area contributed by atoms with Gasteiger partial charge >= 0.3 is 5.97 Å². The molecule has 2 aliphatic rings. The minimum absolute atomic E-state index is 0.0301. The first-order chi connectivity index (χ1) is 17.8. The van der Waals surface area contributed by atoms with Gasteiger partial charge in [-0.15, -0.1) is 0 Å². The molecule has 0 aliphatic carbocycles. The van der Waals surface area contributed by atoms with Crippen LogP contribution in [0.15, 0.2) is 18.2 Å². The van der Waals surface area contributed by atoms with E-state index >= 15 is 0 Å². The van der Waals surface area contributed by atoms with Crippen LogP contribution in [0.4, 0.5) is 0 Å². The number of nitrogens with zero attached hydrogens (tertiary/aromatic N) is 3. The number of aliphatic carboxylic acids is 1. The lowest BCUT2D eigenvalue weighted by molar-refractivity contribution is -0.144. The van der Waals surface area contributed by atoms with Crippen molar-refractivity contribution < 1.29 is 24.2 Å². The van der Waals surface area contributed by atoms with Gasteiger partial charge in [0.05, 0.1) is 19.1 Å². The van der Waals surface area contributed by atoms with E-state index < -0.39 is 11.9 Å². The molecule has 37 heavy (non-hydrogen) atoms. The van der Waals surface area contributed by atoms with Crippen molar-refractivity contribution >= 4 is 17.8 Å². The zero-order chi connectivity index (χ0) is 26.9. The van der Waals surface area contributed by atoms with Gasteiger partial charge in [-0.25, -0.2) is 0 Å². The molecule has 0 saturated carbocycles. The van der Waals surface area contributed by atoms with Gasteiger partial charge in [0.1, 0.15) is 5.75 Å². The average Bonchev–Trinajstić information content (AvgIpc) is 3.48. The first-order valence-corrected chi connectivity index (χ1v) is 13.7. The van der Waals surface area contributed by atoms with Crippen molar-refractivity contribution in [2.75, 3.05) is 52.9 Å². The summed E-state index contributed by atoms with van der Waals surface area (Å²) in [6.45, 7) is 7.32. The van der Waals surface area contributed by atoms with Gasteiger partial charge in [-0.05, 0) is 49.4 Å². The third kappa shape index (κ3) is 7.45. The smallest absolute Gasteiger partial charge is 0.308 e. The molecule has 0 aromatic heterocycles. The van der Waals surface area contributed by atoms with E-state index in [0.717, 1.165) is 49.0 Å². The van der Waals surface area contributed by atoms with E-state index in [-0.39, 0.29) is 30.3 Å². The Bertz CT molecular complexity index is 939. The summed E-state index contributed by atoms with van der Waals surface area (Å²) < 4.78 is 5.65. The molecule has 9 nitrogen and oxygen atoms in total. The Morgan fingerprint density at radius 1 is 1.16 bits per heavy atom. The number of likely N-dealkylation sites (tertiary alicyclic amines) is 1. The first kappa shape index (κ1) is 28.9. The molecule has 3 rings (SSSR count). The van der Waals surface area contributed by atoms with Crippen molar-refractivity contribution in [2.45, 2.75) is 64.3 Å². The normalized spacial score (nSPS) is 20.9. The number of nitrogens with two attached hydrogens (primary N) is 1. The molecule has 1 fully saturated rings. The lowest BCUT2D eigenvalue weighted by Crippen LogP contribution is -2.45. The molecule has 1 aromatic rings. The number of fused-ring (bicyclic) bond motifs is 1. The van der Waals surface area contributed by atoms with Gasteiger partial charge in [0, 0.05) is 58.5 Å². The van der Waals surface area contributed by atoms with Crippen molar-refractivity contribution in [3.8, 4) is 5.75 Å². The van der Waals surface area contributed by atoms with Gasteiger partial charge < -0.3 is 25.4 Å². The van der Waals surface area contributed by atoms with E-state index in [4.69, 9.17) is 10.5 Å². The molecule has 9 heteroatoms. The van der Waals surface area contributed by atoms with E-state index in [9.17, 15) is 19.5 Å². The summed E-state index contributed by atoms with van der Waals surface area (Å²) in [6.07, 6.45) is 4.96. The number of amides is 2. The average molecular weight is 517 g/mol. The number of hydrogen-bond acceptors (Lipinski definition) is 6. The number of rotatable bonds is 14. The number of carboxylic acids is 1. The number of unbranched alkanes of at least 4 members (excludes halogenated alkanes) is 2. The van der Waals surface area contributed by atoms with E-state index in [1.807, 2.05) is 21.9 Å². The minimum Gasteiger partial charge on any atom is -0.493 e. The van der Waals surface area contributed by atoms with Crippen LogP contribution >= 0.6 is 0 Å². The zero-order valence-electron chi connectivity index (χ0n) is 22.7. The Kier molecular flexibility index (Phi) is 10.8. The van der Waals surface area contributed by atoms with E-state index in [2.05, 4.69) is 13.0 Å². The minimum atomic E-state index is -0.863. The van der Waals surface area contributed by atoms with Gasteiger partial charge in [-0.3, -0.25) is 19.3 Å². The Hall–Kier alpha value is -2.65. The number of hydrogen-bond donors (Lipinski definition) is 2. The van der Waals surface area contributed by atoms with Crippen LogP contribution in [0.1, 0.15) is 63.0 Å².